The predicted molar refractivity (Wildman–Crippen MR) is 52.7 cm³/mol. The summed E-state index contributed by atoms with van der Waals surface area (Å²) < 4.78 is 5.30. The minimum absolute atomic E-state index is 0.0324. The van der Waals surface area contributed by atoms with Gasteiger partial charge in [0.2, 0.25) is 0 Å². The monoisotopic (exact) mass is 187 g/mol. The van der Waals surface area contributed by atoms with E-state index in [0.717, 1.165) is 25.8 Å². The molecule has 13 heavy (non-hydrogen) atoms. The van der Waals surface area contributed by atoms with Gasteiger partial charge in [-0.1, -0.05) is 0 Å². The Kier molecular flexibility index (Phi) is 3.71. The Labute approximate surface area is 80.5 Å². The predicted octanol–water partition coefficient (Wildman–Crippen LogP) is 0.914. The van der Waals surface area contributed by atoms with Crippen molar-refractivity contribution >= 4 is 0 Å². The molecule has 3 nitrogen and oxygen atoms in total. The van der Waals surface area contributed by atoms with Crippen molar-refractivity contribution in [3.05, 3.63) is 0 Å². The number of rotatable bonds is 5. The maximum atomic E-state index is 9.06. The van der Waals surface area contributed by atoms with Crippen molar-refractivity contribution in [2.24, 2.45) is 0 Å². The molecule has 0 aromatic rings. The largest absolute Gasteiger partial charge is 0.393 e. The second kappa shape index (κ2) is 4.40. The van der Waals surface area contributed by atoms with Crippen molar-refractivity contribution in [1.29, 1.82) is 0 Å². The van der Waals surface area contributed by atoms with Crippen LogP contribution >= 0.6 is 0 Å². The van der Waals surface area contributed by atoms with Gasteiger partial charge in [-0.3, -0.25) is 0 Å². The average molecular weight is 187 g/mol. The molecule has 1 saturated carbocycles. The van der Waals surface area contributed by atoms with Gasteiger partial charge in [0.25, 0.3) is 0 Å². The van der Waals surface area contributed by atoms with Crippen molar-refractivity contribution in [3.8, 4) is 0 Å². The Morgan fingerprint density at radius 1 is 1.46 bits per heavy atom. The third-order valence-electron chi connectivity index (χ3n) is 2.83. The van der Waals surface area contributed by atoms with Gasteiger partial charge in [0, 0.05) is 13.2 Å². The highest BCUT2D eigenvalue weighted by Gasteiger charge is 2.26. The smallest absolute Gasteiger partial charge is 0.0634 e. The second-order valence-electron chi connectivity index (χ2n) is 4.49. The number of methoxy groups -OCH3 is 1. The number of aliphatic hydroxyl groups is 1. The average Bonchev–Trinajstić information content (AvgIpc) is 2.01. The summed E-state index contributed by atoms with van der Waals surface area (Å²) in [5, 5.41) is 12.5. The summed E-state index contributed by atoms with van der Waals surface area (Å²) >= 11 is 0. The molecule has 1 rings (SSSR count). The minimum Gasteiger partial charge on any atom is -0.393 e. The third-order valence-corrected chi connectivity index (χ3v) is 2.83. The van der Waals surface area contributed by atoms with Gasteiger partial charge < -0.3 is 15.2 Å². The maximum absolute atomic E-state index is 9.06. The lowest BCUT2D eigenvalue weighted by Crippen LogP contribution is -2.45. The molecule has 0 heterocycles. The standard InChI is InChI=1S/C10H21NO2/c1-10(2,13-3)4-5-11-8-6-9(12)7-8/h8-9,11-12H,4-7H2,1-3H3. The van der Waals surface area contributed by atoms with Gasteiger partial charge in [0.1, 0.15) is 0 Å². The second-order valence-corrected chi connectivity index (χ2v) is 4.49. The van der Waals surface area contributed by atoms with E-state index in [1.54, 1.807) is 7.11 Å². The molecule has 1 aliphatic rings. The molecule has 0 spiro atoms. The lowest BCUT2D eigenvalue weighted by molar-refractivity contribution is 0.0115. The molecule has 0 amide bonds. The molecular weight excluding hydrogens is 166 g/mol. The molecule has 0 radical (unpaired) electrons. The molecule has 0 unspecified atom stereocenters. The Balaban J connectivity index is 2.01. The lowest BCUT2D eigenvalue weighted by Gasteiger charge is -2.33. The van der Waals surface area contributed by atoms with Crippen LogP contribution in [-0.4, -0.2) is 36.5 Å². The molecule has 0 atom stereocenters. The van der Waals surface area contributed by atoms with Crippen LogP contribution in [0.25, 0.3) is 0 Å². The summed E-state index contributed by atoms with van der Waals surface area (Å²) in [4.78, 5) is 0. The summed E-state index contributed by atoms with van der Waals surface area (Å²) in [5.74, 6) is 0. The fourth-order valence-electron chi connectivity index (χ4n) is 1.43. The van der Waals surface area contributed by atoms with Gasteiger partial charge in [-0.15, -0.1) is 0 Å². The van der Waals surface area contributed by atoms with Crippen LogP contribution < -0.4 is 5.32 Å². The van der Waals surface area contributed by atoms with E-state index >= 15 is 0 Å². The first-order valence-corrected chi connectivity index (χ1v) is 5.00. The van der Waals surface area contributed by atoms with E-state index in [1.807, 2.05) is 0 Å². The third kappa shape index (κ3) is 3.63. The Hall–Kier alpha value is -0.120. The van der Waals surface area contributed by atoms with Crippen LogP contribution in [0.4, 0.5) is 0 Å². The van der Waals surface area contributed by atoms with E-state index in [4.69, 9.17) is 9.84 Å². The summed E-state index contributed by atoms with van der Waals surface area (Å²) in [6.45, 7) is 5.15. The first kappa shape index (κ1) is 11.0. The number of hydrogen-bond donors (Lipinski definition) is 2. The maximum Gasteiger partial charge on any atom is 0.0634 e. The van der Waals surface area contributed by atoms with Gasteiger partial charge in [0.15, 0.2) is 0 Å². The van der Waals surface area contributed by atoms with E-state index in [9.17, 15) is 0 Å². The highest BCUT2D eigenvalue weighted by Crippen LogP contribution is 2.20. The van der Waals surface area contributed by atoms with Gasteiger partial charge in [-0.2, -0.15) is 0 Å². The van der Waals surface area contributed by atoms with Crippen LogP contribution in [-0.2, 0) is 4.74 Å². The fraction of sp³-hybridized carbons (Fsp3) is 1.00. The van der Waals surface area contributed by atoms with Crippen molar-refractivity contribution in [1.82, 2.24) is 5.32 Å². The summed E-state index contributed by atoms with van der Waals surface area (Å²) in [5.41, 5.74) is -0.0324. The highest BCUT2D eigenvalue weighted by molar-refractivity contribution is 4.85. The normalized spacial score (nSPS) is 28.6. The number of hydrogen-bond acceptors (Lipinski definition) is 3. The zero-order chi connectivity index (χ0) is 9.90. The molecule has 78 valence electrons. The molecule has 0 aliphatic heterocycles. The number of ether oxygens (including phenoxy) is 1. The zero-order valence-corrected chi connectivity index (χ0v) is 8.84. The number of aliphatic hydroxyl groups excluding tert-OH is 1. The topological polar surface area (TPSA) is 41.5 Å². The molecule has 2 N–H and O–H groups in total. The SMILES string of the molecule is COC(C)(C)CCNC1CC(O)C1. The Morgan fingerprint density at radius 2 is 2.08 bits per heavy atom. The van der Waals surface area contributed by atoms with Gasteiger partial charge >= 0.3 is 0 Å². The van der Waals surface area contributed by atoms with Crippen molar-refractivity contribution in [2.75, 3.05) is 13.7 Å². The minimum atomic E-state index is -0.0621. The molecule has 1 aliphatic carbocycles. The van der Waals surface area contributed by atoms with Gasteiger partial charge in [0.05, 0.1) is 11.7 Å². The van der Waals surface area contributed by atoms with Crippen LogP contribution in [0.3, 0.4) is 0 Å². The molecular formula is C10H21NO2. The first-order valence-electron chi connectivity index (χ1n) is 5.00. The number of nitrogens with one attached hydrogen (secondary N) is 1. The first-order chi connectivity index (χ1) is 6.03. The van der Waals surface area contributed by atoms with Crippen LogP contribution in [0.5, 0.6) is 0 Å². The van der Waals surface area contributed by atoms with E-state index in [0.29, 0.717) is 6.04 Å². The molecule has 0 saturated heterocycles. The zero-order valence-electron chi connectivity index (χ0n) is 8.84. The van der Waals surface area contributed by atoms with Gasteiger partial charge in [-0.25, -0.2) is 0 Å². The summed E-state index contributed by atoms with van der Waals surface area (Å²) in [6, 6.07) is 0.530. The molecule has 3 heteroatoms. The fourth-order valence-corrected chi connectivity index (χ4v) is 1.43. The van der Waals surface area contributed by atoms with E-state index in [1.165, 1.54) is 0 Å². The molecule has 0 aromatic heterocycles. The Bertz CT molecular complexity index is 153. The van der Waals surface area contributed by atoms with Crippen molar-refractivity contribution < 1.29 is 9.84 Å². The van der Waals surface area contributed by atoms with E-state index in [-0.39, 0.29) is 11.7 Å². The summed E-state index contributed by atoms with van der Waals surface area (Å²) in [7, 11) is 1.74. The lowest BCUT2D eigenvalue weighted by atomic mass is 9.89. The quantitative estimate of drug-likeness (QED) is 0.672. The van der Waals surface area contributed by atoms with Crippen LogP contribution in [0.2, 0.25) is 0 Å². The van der Waals surface area contributed by atoms with Crippen molar-refractivity contribution in [3.63, 3.8) is 0 Å². The van der Waals surface area contributed by atoms with Crippen LogP contribution in [0, 0.1) is 0 Å². The van der Waals surface area contributed by atoms with Crippen molar-refractivity contribution in [2.45, 2.75) is 50.9 Å². The van der Waals surface area contributed by atoms with Gasteiger partial charge in [-0.05, 0) is 39.7 Å². The Morgan fingerprint density at radius 3 is 2.54 bits per heavy atom. The van der Waals surface area contributed by atoms with Crippen LogP contribution in [0.15, 0.2) is 0 Å². The molecule has 1 fully saturated rings. The van der Waals surface area contributed by atoms with E-state index in [2.05, 4.69) is 19.2 Å². The molecule has 0 aromatic carbocycles. The van der Waals surface area contributed by atoms with Crippen LogP contribution in [0.1, 0.15) is 33.1 Å². The highest BCUT2D eigenvalue weighted by atomic mass is 16.5. The molecule has 0 bridgehead atoms. The van der Waals surface area contributed by atoms with E-state index < -0.39 is 0 Å². The summed E-state index contributed by atoms with van der Waals surface area (Å²) in [6.07, 6.45) is 2.77.